The minimum Gasteiger partial charge on any atom is -0.480 e. The van der Waals surface area contributed by atoms with Crippen molar-refractivity contribution in [2.75, 3.05) is 0 Å². The summed E-state index contributed by atoms with van der Waals surface area (Å²) in [5.74, 6) is -1.06. The van der Waals surface area contributed by atoms with Crippen LogP contribution in [0.2, 0.25) is 0 Å². The minimum absolute atomic E-state index is 0.151. The molecule has 0 radical (unpaired) electrons. The van der Waals surface area contributed by atoms with E-state index in [1.54, 1.807) is 18.2 Å². The molecule has 0 amide bonds. The highest BCUT2D eigenvalue weighted by atomic mass is 32.2. The third-order valence-electron chi connectivity index (χ3n) is 3.85. The lowest BCUT2D eigenvalue weighted by molar-refractivity contribution is -0.138. The molecule has 1 aromatic heterocycles. The Balaban J connectivity index is 1.77. The third kappa shape index (κ3) is 4.29. The number of pyridine rings is 1. The number of aliphatic carboxylic acids is 1. The van der Waals surface area contributed by atoms with E-state index >= 15 is 0 Å². The smallest absolute Gasteiger partial charge is 0.322 e. The first-order valence-electron chi connectivity index (χ1n) is 7.85. The molecule has 2 atom stereocenters. The van der Waals surface area contributed by atoms with E-state index in [4.69, 9.17) is 0 Å². The van der Waals surface area contributed by atoms with Gasteiger partial charge in [-0.15, -0.1) is 0 Å². The van der Waals surface area contributed by atoms with Crippen LogP contribution in [0.25, 0.3) is 10.9 Å². The molecule has 3 rings (SSSR count). The SMILES string of the molecule is Cc1ccc(S(=O)NC(Cc2ccc3ccccc3n2)C(=O)O)cc1. The fourth-order valence-corrected chi connectivity index (χ4v) is 3.43. The zero-order chi connectivity index (χ0) is 17.8. The van der Waals surface area contributed by atoms with Gasteiger partial charge >= 0.3 is 5.97 Å². The summed E-state index contributed by atoms with van der Waals surface area (Å²) in [6.45, 7) is 1.94. The van der Waals surface area contributed by atoms with Gasteiger partial charge < -0.3 is 5.11 Å². The molecule has 2 unspecified atom stereocenters. The van der Waals surface area contributed by atoms with Gasteiger partial charge in [0.05, 0.1) is 10.4 Å². The van der Waals surface area contributed by atoms with Crippen molar-refractivity contribution in [2.45, 2.75) is 24.3 Å². The summed E-state index contributed by atoms with van der Waals surface area (Å²) in [5.41, 5.74) is 2.50. The fraction of sp³-hybridized carbons (Fsp3) is 0.158. The number of carboxylic acids is 1. The van der Waals surface area contributed by atoms with Gasteiger partial charge in [-0.05, 0) is 31.2 Å². The van der Waals surface area contributed by atoms with E-state index in [2.05, 4.69) is 9.71 Å². The Labute approximate surface area is 148 Å². The molecule has 0 aliphatic rings. The lowest BCUT2D eigenvalue weighted by Gasteiger charge is -2.14. The molecule has 3 aromatic rings. The van der Waals surface area contributed by atoms with Crippen molar-refractivity contribution in [3.8, 4) is 0 Å². The molecule has 0 bridgehead atoms. The van der Waals surface area contributed by atoms with Crippen molar-refractivity contribution in [1.29, 1.82) is 0 Å². The lowest BCUT2D eigenvalue weighted by Crippen LogP contribution is -2.39. The van der Waals surface area contributed by atoms with Gasteiger partial charge in [0.1, 0.15) is 17.0 Å². The number of para-hydroxylation sites is 1. The largest absolute Gasteiger partial charge is 0.480 e. The topological polar surface area (TPSA) is 79.3 Å². The Hall–Kier alpha value is -2.57. The van der Waals surface area contributed by atoms with Crippen LogP contribution in [0.4, 0.5) is 0 Å². The summed E-state index contributed by atoms with van der Waals surface area (Å²) in [4.78, 5) is 16.6. The number of rotatable bonds is 6. The van der Waals surface area contributed by atoms with Crippen molar-refractivity contribution in [1.82, 2.24) is 9.71 Å². The Kier molecular flexibility index (Phi) is 5.21. The van der Waals surface area contributed by atoms with Crippen LogP contribution in [0.15, 0.2) is 65.6 Å². The van der Waals surface area contributed by atoms with Crippen LogP contribution >= 0.6 is 0 Å². The molecule has 25 heavy (non-hydrogen) atoms. The highest BCUT2D eigenvalue weighted by Gasteiger charge is 2.21. The number of carbonyl (C=O) groups is 1. The number of fused-ring (bicyclic) bond motifs is 1. The Morgan fingerprint density at radius 1 is 1.12 bits per heavy atom. The number of nitrogens with one attached hydrogen (secondary N) is 1. The Morgan fingerprint density at radius 3 is 2.56 bits per heavy atom. The van der Waals surface area contributed by atoms with Gasteiger partial charge in [0.2, 0.25) is 0 Å². The van der Waals surface area contributed by atoms with E-state index in [1.165, 1.54) is 0 Å². The molecule has 0 fully saturated rings. The quantitative estimate of drug-likeness (QED) is 0.713. The number of hydrogen-bond acceptors (Lipinski definition) is 3. The van der Waals surface area contributed by atoms with E-state index in [-0.39, 0.29) is 6.42 Å². The van der Waals surface area contributed by atoms with Crippen LogP contribution in [0.3, 0.4) is 0 Å². The summed E-state index contributed by atoms with van der Waals surface area (Å²) in [7, 11) is -1.60. The van der Waals surface area contributed by atoms with Gasteiger partial charge in [0.25, 0.3) is 0 Å². The number of hydrogen-bond donors (Lipinski definition) is 2. The van der Waals surface area contributed by atoms with Gasteiger partial charge in [-0.2, -0.15) is 0 Å². The first-order chi connectivity index (χ1) is 12.0. The molecule has 0 aliphatic heterocycles. The predicted octanol–water partition coefficient (Wildman–Crippen LogP) is 2.85. The summed E-state index contributed by atoms with van der Waals surface area (Å²) in [5, 5.41) is 10.5. The zero-order valence-electron chi connectivity index (χ0n) is 13.7. The molecular weight excluding hydrogens is 336 g/mol. The van der Waals surface area contributed by atoms with Crippen LogP contribution in [-0.4, -0.2) is 26.3 Å². The summed E-state index contributed by atoms with van der Waals surface area (Å²) in [6, 6.07) is 17.5. The maximum atomic E-state index is 12.4. The monoisotopic (exact) mass is 354 g/mol. The predicted molar refractivity (Wildman–Crippen MR) is 97.6 cm³/mol. The van der Waals surface area contributed by atoms with Crippen LogP contribution < -0.4 is 4.72 Å². The fourth-order valence-electron chi connectivity index (χ4n) is 2.47. The molecule has 0 spiro atoms. The van der Waals surface area contributed by atoms with Gasteiger partial charge in [0, 0.05) is 17.5 Å². The zero-order valence-corrected chi connectivity index (χ0v) is 14.5. The molecule has 128 valence electrons. The van der Waals surface area contributed by atoms with Gasteiger partial charge in [-0.1, -0.05) is 42.0 Å². The summed E-state index contributed by atoms with van der Waals surface area (Å²) < 4.78 is 15.1. The average molecular weight is 354 g/mol. The molecule has 5 nitrogen and oxygen atoms in total. The van der Waals surface area contributed by atoms with Crippen molar-refractivity contribution in [2.24, 2.45) is 0 Å². The van der Waals surface area contributed by atoms with Crippen molar-refractivity contribution in [3.05, 3.63) is 71.9 Å². The molecular formula is C19H18N2O3S. The standard InChI is InChI=1S/C19H18N2O3S/c1-13-6-10-16(11-7-13)25(24)21-18(19(22)23)12-15-9-8-14-4-2-3-5-17(14)20-15/h2-11,18,21H,12H2,1H3,(H,22,23). The first kappa shape index (κ1) is 17.3. The van der Waals surface area contributed by atoms with Gasteiger partial charge in [-0.25, -0.2) is 8.93 Å². The third-order valence-corrected chi connectivity index (χ3v) is 5.05. The van der Waals surface area contributed by atoms with E-state index < -0.39 is 23.0 Å². The second-order valence-electron chi connectivity index (χ2n) is 5.79. The van der Waals surface area contributed by atoms with E-state index in [0.29, 0.717) is 10.6 Å². The highest BCUT2D eigenvalue weighted by molar-refractivity contribution is 7.83. The number of benzene rings is 2. The molecule has 0 saturated carbocycles. The lowest BCUT2D eigenvalue weighted by atomic mass is 10.1. The Morgan fingerprint density at radius 2 is 1.84 bits per heavy atom. The van der Waals surface area contributed by atoms with Crippen LogP contribution in [-0.2, 0) is 22.2 Å². The molecule has 0 saturated heterocycles. The average Bonchev–Trinajstić information content (AvgIpc) is 2.61. The van der Waals surface area contributed by atoms with Crippen LogP contribution in [0.1, 0.15) is 11.3 Å². The summed E-state index contributed by atoms with van der Waals surface area (Å²) >= 11 is 0. The van der Waals surface area contributed by atoms with Crippen molar-refractivity contribution >= 4 is 27.9 Å². The molecule has 0 aliphatic carbocycles. The Bertz CT molecular complexity index is 925. The van der Waals surface area contributed by atoms with E-state index in [9.17, 15) is 14.1 Å². The number of aryl methyl sites for hydroxylation is 1. The van der Waals surface area contributed by atoms with Gasteiger partial charge in [-0.3, -0.25) is 9.78 Å². The van der Waals surface area contributed by atoms with Crippen molar-refractivity contribution in [3.63, 3.8) is 0 Å². The highest BCUT2D eigenvalue weighted by Crippen LogP contribution is 2.14. The number of carboxylic acid groups (broad SMARTS) is 1. The molecule has 1 heterocycles. The molecule has 2 aromatic carbocycles. The second kappa shape index (κ2) is 7.55. The van der Waals surface area contributed by atoms with Crippen LogP contribution in [0.5, 0.6) is 0 Å². The summed E-state index contributed by atoms with van der Waals surface area (Å²) in [6.07, 6.45) is 0.151. The normalized spacial score (nSPS) is 13.5. The minimum atomic E-state index is -1.60. The van der Waals surface area contributed by atoms with E-state index in [1.807, 2.05) is 49.4 Å². The second-order valence-corrected chi connectivity index (χ2v) is 7.03. The number of aromatic nitrogens is 1. The van der Waals surface area contributed by atoms with Gasteiger partial charge in [0.15, 0.2) is 0 Å². The van der Waals surface area contributed by atoms with Crippen LogP contribution in [0, 0.1) is 6.92 Å². The maximum absolute atomic E-state index is 12.4. The van der Waals surface area contributed by atoms with E-state index in [0.717, 1.165) is 16.5 Å². The maximum Gasteiger partial charge on any atom is 0.322 e. The molecule has 6 heteroatoms. The molecule has 2 N–H and O–H groups in total. The van der Waals surface area contributed by atoms with Crippen molar-refractivity contribution < 1.29 is 14.1 Å². The number of nitrogens with zero attached hydrogens (tertiary/aromatic N) is 1. The first-order valence-corrected chi connectivity index (χ1v) is 9.00.